The lowest BCUT2D eigenvalue weighted by Gasteiger charge is -2.27. The Kier molecular flexibility index (Phi) is 5.91. The van der Waals surface area contributed by atoms with Crippen LogP contribution in [0.1, 0.15) is 44.9 Å². The lowest BCUT2D eigenvalue weighted by Crippen LogP contribution is -2.39. The van der Waals surface area contributed by atoms with Crippen LogP contribution in [0.3, 0.4) is 0 Å². The van der Waals surface area contributed by atoms with E-state index in [-0.39, 0.29) is 12.1 Å². The smallest absolute Gasteiger partial charge is 0.321 e. The van der Waals surface area contributed by atoms with Crippen molar-refractivity contribution in [2.24, 2.45) is 0 Å². The Bertz CT molecular complexity index is 538. The van der Waals surface area contributed by atoms with Crippen molar-refractivity contribution in [2.45, 2.75) is 57.1 Å². The van der Waals surface area contributed by atoms with E-state index in [1.165, 1.54) is 25.7 Å². The van der Waals surface area contributed by atoms with Crippen molar-refractivity contribution in [2.75, 3.05) is 25.6 Å². The molecule has 1 aliphatic heterocycles. The molecule has 0 radical (unpaired) electrons. The number of aromatic nitrogens is 1. The molecule has 3 rings (SSSR count). The second kappa shape index (κ2) is 8.33. The molecule has 0 spiro atoms. The number of nitrogens with zero attached hydrogens (tertiary/aromatic N) is 2. The molecule has 1 aliphatic carbocycles. The van der Waals surface area contributed by atoms with Gasteiger partial charge in [-0.25, -0.2) is 9.78 Å². The van der Waals surface area contributed by atoms with Gasteiger partial charge >= 0.3 is 6.03 Å². The standard InChI is InChI=1S/C18H27N3O3/c1-21(15-6-4-2-3-5-7-15)18(22)20-14-8-10-19-17(12-14)24-16-9-11-23-13-16/h8,10,12,15-16H,2-7,9,11,13H2,1H3,(H,19,20,22)/t16-/m1/s1. The van der Waals surface area contributed by atoms with Gasteiger partial charge in [0.1, 0.15) is 6.10 Å². The maximum absolute atomic E-state index is 12.5. The van der Waals surface area contributed by atoms with Gasteiger partial charge in [0.2, 0.25) is 5.88 Å². The number of amides is 2. The largest absolute Gasteiger partial charge is 0.472 e. The number of carbonyl (C=O) groups excluding carboxylic acids is 1. The summed E-state index contributed by atoms with van der Waals surface area (Å²) in [6.45, 7) is 1.33. The molecule has 2 aliphatic rings. The monoisotopic (exact) mass is 333 g/mol. The third kappa shape index (κ3) is 4.60. The first-order chi connectivity index (χ1) is 11.7. The van der Waals surface area contributed by atoms with E-state index in [0.717, 1.165) is 25.9 Å². The first-order valence-electron chi connectivity index (χ1n) is 8.96. The van der Waals surface area contributed by atoms with Crippen LogP contribution < -0.4 is 10.1 Å². The van der Waals surface area contributed by atoms with Gasteiger partial charge in [0.25, 0.3) is 0 Å². The summed E-state index contributed by atoms with van der Waals surface area (Å²) in [4.78, 5) is 18.6. The van der Waals surface area contributed by atoms with E-state index in [9.17, 15) is 4.79 Å². The molecular weight excluding hydrogens is 306 g/mol. The topological polar surface area (TPSA) is 63.7 Å². The number of hydrogen-bond acceptors (Lipinski definition) is 4. The zero-order valence-electron chi connectivity index (χ0n) is 14.4. The quantitative estimate of drug-likeness (QED) is 0.857. The lowest BCUT2D eigenvalue weighted by molar-refractivity contribution is 0.138. The Balaban J connectivity index is 1.56. The van der Waals surface area contributed by atoms with Gasteiger partial charge in [0.15, 0.2) is 0 Å². The Labute approximate surface area is 143 Å². The number of rotatable bonds is 4. The van der Waals surface area contributed by atoms with Crippen LogP contribution in [0.2, 0.25) is 0 Å². The third-order valence-electron chi connectivity index (χ3n) is 4.85. The molecule has 6 heteroatoms. The van der Waals surface area contributed by atoms with Gasteiger partial charge in [-0.3, -0.25) is 0 Å². The van der Waals surface area contributed by atoms with Gasteiger partial charge in [-0.15, -0.1) is 0 Å². The fraction of sp³-hybridized carbons (Fsp3) is 0.667. The number of carbonyl (C=O) groups is 1. The van der Waals surface area contributed by atoms with Gasteiger partial charge in [0.05, 0.1) is 13.2 Å². The highest BCUT2D eigenvalue weighted by Gasteiger charge is 2.22. The molecule has 1 aromatic rings. The average Bonchev–Trinajstić information content (AvgIpc) is 2.94. The van der Waals surface area contributed by atoms with E-state index in [1.807, 2.05) is 11.9 Å². The fourth-order valence-electron chi connectivity index (χ4n) is 3.35. The van der Waals surface area contributed by atoms with Crippen LogP contribution in [0.4, 0.5) is 10.5 Å². The van der Waals surface area contributed by atoms with Gasteiger partial charge in [-0.1, -0.05) is 25.7 Å². The van der Waals surface area contributed by atoms with E-state index in [1.54, 1.807) is 18.3 Å². The zero-order valence-corrected chi connectivity index (χ0v) is 14.4. The van der Waals surface area contributed by atoms with Gasteiger partial charge in [-0.05, 0) is 18.9 Å². The maximum Gasteiger partial charge on any atom is 0.321 e. The van der Waals surface area contributed by atoms with Crippen LogP contribution in [0.5, 0.6) is 5.88 Å². The normalized spacial score (nSPS) is 22.0. The predicted octanol–water partition coefficient (Wildman–Crippen LogP) is 3.44. The van der Waals surface area contributed by atoms with Crippen LogP contribution in [0.15, 0.2) is 18.3 Å². The van der Waals surface area contributed by atoms with E-state index in [2.05, 4.69) is 10.3 Å². The number of anilines is 1. The molecule has 0 unspecified atom stereocenters. The highest BCUT2D eigenvalue weighted by Crippen LogP contribution is 2.22. The molecule has 0 bridgehead atoms. The van der Waals surface area contributed by atoms with Crippen molar-refractivity contribution in [1.82, 2.24) is 9.88 Å². The molecule has 2 heterocycles. The predicted molar refractivity (Wildman–Crippen MR) is 92.4 cm³/mol. The second-order valence-electron chi connectivity index (χ2n) is 6.67. The maximum atomic E-state index is 12.5. The van der Waals surface area contributed by atoms with Crippen LogP contribution in [-0.2, 0) is 4.74 Å². The summed E-state index contributed by atoms with van der Waals surface area (Å²) < 4.78 is 11.1. The summed E-state index contributed by atoms with van der Waals surface area (Å²) in [5, 5.41) is 2.96. The first kappa shape index (κ1) is 17.0. The van der Waals surface area contributed by atoms with Gasteiger partial charge in [-0.2, -0.15) is 0 Å². The molecule has 1 N–H and O–H groups in total. The Hall–Kier alpha value is -1.82. The summed E-state index contributed by atoms with van der Waals surface area (Å²) in [6, 6.07) is 3.83. The number of urea groups is 1. The van der Waals surface area contributed by atoms with Crippen molar-refractivity contribution in [3.8, 4) is 5.88 Å². The number of pyridine rings is 1. The van der Waals surface area contributed by atoms with Crippen LogP contribution in [-0.4, -0.2) is 48.3 Å². The minimum atomic E-state index is -0.0664. The van der Waals surface area contributed by atoms with E-state index >= 15 is 0 Å². The van der Waals surface area contributed by atoms with Crippen molar-refractivity contribution < 1.29 is 14.3 Å². The molecule has 132 valence electrons. The molecule has 0 aromatic carbocycles. The minimum absolute atomic E-state index is 0.0529. The molecule has 6 nitrogen and oxygen atoms in total. The van der Waals surface area contributed by atoms with Crippen LogP contribution in [0, 0.1) is 0 Å². The van der Waals surface area contributed by atoms with Gasteiger partial charge < -0.3 is 19.7 Å². The second-order valence-corrected chi connectivity index (χ2v) is 6.67. The van der Waals surface area contributed by atoms with Crippen LogP contribution in [0.25, 0.3) is 0 Å². The molecule has 1 atom stereocenters. The summed E-state index contributed by atoms with van der Waals surface area (Å²) in [7, 11) is 1.89. The van der Waals surface area contributed by atoms with Crippen molar-refractivity contribution in [3.05, 3.63) is 18.3 Å². The van der Waals surface area contributed by atoms with Crippen molar-refractivity contribution >= 4 is 11.7 Å². The molecule has 24 heavy (non-hydrogen) atoms. The lowest BCUT2D eigenvalue weighted by atomic mass is 10.1. The molecule has 2 amide bonds. The summed E-state index contributed by atoms with van der Waals surface area (Å²) in [5.74, 6) is 0.528. The average molecular weight is 333 g/mol. The summed E-state index contributed by atoms with van der Waals surface area (Å²) in [5.41, 5.74) is 0.712. The molecule has 1 aromatic heterocycles. The SMILES string of the molecule is CN(C(=O)Nc1ccnc(O[C@@H]2CCOC2)c1)C1CCCCCC1. The number of nitrogens with one attached hydrogen (secondary N) is 1. The number of ether oxygens (including phenoxy) is 2. The molecule has 2 fully saturated rings. The third-order valence-corrected chi connectivity index (χ3v) is 4.85. The van der Waals surface area contributed by atoms with Crippen molar-refractivity contribution in [1.29, 1.82) is 0 Å². The van der Waals surface area contributed by atoms with Gasteiger partial charge in [0, 0.05) is 37.5 Å². The van der Waals surface area contributed by atoms with Crippen molar-refractivity contribution in [3.63, 3.8) is 0 Å². The Morgan fingerprint density at radius 1 is 1.29 bits per heavy atom. The highest BCUT2D eigenvalue weighted by molar-refractivity contribution is 5.89. The molecule has 1 saturated carbocycles. The fourth-order valence-corrected chi connectivity index (χ4v) is 3.35. The molecule has 1 saturated heterocycles. The zero-order chi connectivity index (χ0) is 16.8. The highest BCUT2D eigenvalue weighted by atomic mass is 16.5. The van der Waals surface area contributed by atoms with E-state index in [4.69, 9.17) is 9.47 Å². The summed E-state index contributed by atoms with van der Waals surface area (Å²) >= 11 is 0. The van der Waals surface area contributed by atoms with Crippen LogP contribution >= 0.6 is 0 Å². The summed E-state index contributed by atoms with van der Waals surface area (Å²) in [6.07, 6.45) is 9.75. The Morgan fingerprint density at radius 3 is 2.79 bits per heavy atom. The number of hydrogen-bond donors (Lipinski definition) is 1. The van der Waals surface area contributed by atoms with E-state index < -0.39 is 0 Å². The Morgan fingerprint density at radius 2 is 2.08 bits per heavy atom. The minimum Gasteiger partial charge on any atom is -0.472 e. The first-order valence-corrected chi connectivity index (χ1v) is 8.96. The van der Waals surface area contributed by atoms with E-state index in [0.29, 0.717) is 24.2 Å². The molecular formula is C18H27N3O3.